The van der Waals surface area contributed by atoms with Crippen molar-refractivity contribution < 1.29 is 23.8 Å². The summed E-state index contributed by atoms with van der Waals surface area (Å²) in [7, 11) is 0. The highest BCUT2D eigenvalue weighted by molar-refractivity contribution is 5.86. The second kappa shape index (κ2) is 7.68. The number of hydrogen-bond donors (Lipinski definition) is 1. The zero-order chi connectivity index (χ0) is 16.8. The second-order valence-corrected chi connectivity index (χ2v) is 5.70. The molecule has 0 spiro atoms. The number of ether oxygens (including phenoxy) is 3. The van der Waals surface area contributed by atoms with Crippen LogP contribution in [0.15, 0.2) is 18.2 Å². The molecular formula is C16H23NO5. The Labute approximate surface area is 130 Å². The molecule has 0 aromatic heterocycles. The SMILES string of the molecule is CCOC(=O)COc1ccc(NC(=O)OC(C)(C)C)c(C)c1. The van der Waals surface area contributed by atoms with Crippen LogP contribution in [0, 0.1) is 6.92 Å². The van der Waals surface area contributed by atoms with E-state index in [0.717, 1.165) is 5.56 Å². The molecular weight excluding hydrogens is 286 g/mol. The predicted octanol–water partition coefficient (Wildman–Crippen LogP) is 3.28. The minimum atomic E-state index is -0.555. The summed E-state index contributed by atoms with van der Waals surface area (Å²) >= 11 is 0. The lowest BCUT2D eigenvalue weighted by Gasteiger charge is -2.20. The van der Waals surface area contributed by atoms with Crippen LogP contribution < -0.4 is 10.1 Å². The van der Waals surface area contributed by atoms with Crippen LogP contribution in [0.2, 0.25) is 0 Å². The number of aryl methyl sites for hydroxylation is 1. The number of rotatable bonds is 5. The molecule has 0 radical (unpaired) electrons. The Kier molecular flexibility index (Phi) is 6.22. The van der Waals surface area contributed by atoms with Gasteiger partial charge in [0.25, 0.3) is 0 Å². The number of esters is 1. The molecule has 22 heavy (non-hydrogen) atoms. The summed E-state index contributed by atoms with van der Waals surface area (Å²) in [4.78, 5) is 23.0. The molecule has 0 saturated heterocycles. The van der Waals surface area contributed by atoms with Crippen molar-refractivity contribution in [3.63, 3.8) is 0 Å². The quantitative estimate of drug-likeness (QED) is 0.845. The van der Waals surface area contributed by atoms with E-state index in [1.807, 2.05) is 6.92 Å². The van der Waals surface area contributed by atoms with Crippen LogP contribution >= 0.6 is 0 Å². The Morgan fingerprint density at radius 1 is 1.23 bits per heavy atom. The van der Waals surface area contributed by atoms with Gasteiger partial charge in [-0.3, -0.25) is 5.32 Å². The molecule has 1 rings (SSSR count). The van der Waals surface area contributed by atoms with Gasteiger partial charge < -0.3 is 14.2 Å². The highest BCUT2D eigenvalue weighted by atomic mass is 16.6. The zero-order valence-electron chi connectivity index (χ0n) is 13.7. The van der Waals surface area contributed by atoms with Crippen LogP contribution in [-0.4, -0.2) is 30.9 Å². The van der Waals surface area contributed by atoms with Gasteiger partial charge in [0, 0.05) is 5.69 Å². The number of nitrogens with one attached hydrogen (secondary N) is 1. The molecule has 1 amide bonds. The number of anilines is 1. The topological polar surface area (TPSA) is 73.9 Å². The van der Waals surface area contributed by atoms with E-state index < -0.39 is 17.7 Å². The molecule has 0 heterocycles. The third-order valence-corrected chi connectivity index (χ3v) is 2.50. The molecule has 0 fully saturated rings. The van der Waals surface area contributed by atoms with Crippen molar-refractivity contribution in [2.24, 2.45) is 0 Å². The van der Waals surface area contributed by atoms with Crippen LogP contribution in [0.1, 0.15) is 33.3 Å². The summed E-state index contributed by atoms with van der Waals surface area (Å²) in [5, 5.41) is 2.67. The minimum Gasteiger partial charge on any atom is -0.482 e. The lowest BCUT2D eigenvalue weighted by molar-refractivity contribution is -0.145. The predicted molar refractivity (Wildman–Crippen MR) is 83.2 cm³/mol. The molecule has 0 atom stereocenters. The molecule has 1 N–H and O–H groups in total. The summed E-state index contributed by atoms with van der Waals surface area (Å²) in [6.45, 7) is 9.12. The maximum absolute atomic E-state index is 11.7. The third-order valence-electron chi connectivity index (χ3n) is 2.50. The molecule has 0 unspecified atom stereocenters. The van der Waals surface area contributed by atoms with E-state index in [-0.39, 0.29) is 6.61 Å². The van der Waals surface area contributed by atoms with Crippen molar-refractivity contribution in [1.82, 2.24) is 0 Å². The van der Waals surface area contributed by atoms with Gasteiger partial charge in [-0.05, 0) is 58.4 Å². The molecule has 0 aliphatic rings. The Morgan fingerprint density at radius 2 is 1.91 bits per heavy atom. The van der Waals surface area contributed by atoms with Crippen LogP contribution in [0.5, 0.6) is 5.75 Å². The van der Waals surface area contributed by atoms with Crippen molar-refractivity contribution in [1.29, 1.82) is 0 Å². The Morgan fingerprint density at radius 3 is 2.45 bits per heavy atom. The molecule has 0 bridgehead atoms. The van der Waals surface area contributed by atoms with Crippen LogP contribution in [0.4, 0.5) is 10.5 Å². The average Bonchev–Trinajstić information content (AvgIpc) is 2.37. The largest absolute Gasteiger partial charge is 0.482 e. The number of benzene rings is 1. The summed E-state index contributed by atoms with van der Waals surface area (Å²) in [5.74, 6) is 0.108. The lowest BCUT2D eigenvalue weighted by atomic mass is 10.2. The van der Waals surface area contributed by atoms with E-state index in [4.69, 9.17) is 14.2 Å². The molecule has 0 saturated carbocycles. The number of amides is 1. The van der Waals surface area contributed by atoms with Crippen LogP contribution in [0.25, 0.3) is 0 Å². The van der Waals surface area contributed by atoms with Crippen LogP contribution in [0.3, 0.4) is 0 Å². The van der Waals surface area contributed by atoms with Crippen molar-refractivity contribution >= 4 is 17.7 Å². The minimum absolute atomic E-state index is 0.147. The summed E-state index contributed by atoms with van der Waals surface area (Å²) < 4.78 is 15.3. The first-order valence-electron chi connectivity index (χ1n) is 7.10. The Bertz CT molecular complexity index is 534. The van der Waals surface area contributed by atoms with E-state index in [1.54, 1.807) is 45.9 Å². The molecule has 0 aliphatic carbocycles. The van der Waals surface area contributed by atoms with E-state index >= 15 is 0 Å². The van der Waals surface area contributed by atoms with Crippen molar-refractivity contribution in [2.75, 3.05) is 18.5 Å². The van der Waals surface area contributed by atoms with E-state index in [1.165, 1.54) is 0 Å². The number of hydrogen-bond acceptors (Lipinski definition) is 5. The summed E-state index contributed by atoms with van der Waals surface area (Å²) in [6.07, 6.45) is -0.518. The van der Waals surface area contributed by atoms with Crippen molar-refractivity contribution in [3.05, 3.63) is 23.8 Å². The fraction of sp³-hybridized carbons (Fsp3) is 0.500. The highest BCUT2D eigenvalue weighted by Crippen LogP contribution is 2.22. The van der Waals surface area contributed by atoms with Gasteiger partial charge in [0.2, 0.25) is 0 Å². The lowest BCUT2D eigenvalue weighted by Crippen LogP contribution is -2.27. The maximum Gasteiger partial charge on any atom is 0.412 e. The van der Waals surface area contributed by atoms with E-state index in [0.29, 0.717) is 18.0 Å². The maximum atomic E-state index is 11.7. The number of carbonyl (C=O) groups excluding carboxylic acids is 2. The summed E-state index contributed by atoms with van der Waals surface area (Å²) in [6, 6.07) is 5.09. The monoisotopic (exact) mass is 309 g/mol. The van der Waals surface area contributed by atoms with Crippen molar-refractivity contribution in [3.8, 4) is 5.75 Å². The van der Waals surface area contributed by atoms with Gasteiger partial charge in [0.1, 0.15) is 11.4 Å². The Balaban J connectivity index is 2.62. The Hall–Kier alpha value is -2.24. The molecule has 1 aromatic rings. The fourth-order valence-corrected chi connectivity index (χ4v) is 1.62. The molecule has 122 valence electrons. The summed E-state index contributed by atoms with van der Waals surface area (Å²) in [5.41, 5.74) is 0.866. The van der Waals surface area contributed by atoms with Gasteiger partial charge in [0.15, 0.2) is 6.61 Å². The van der Waals surface area contributed by atoms with E-state index in [9.17, 15) is 9.59 Å². The van der Waals surface area contributed by atoms with Crippen LogP contribution in [-0.2, 0) is 14.3 Å². The first-order valence-corrected chi connectivity index (χ1v) is 7.10. The van der Waals surface area contributed by atoms with Gasteiger partial charge in [-0.15, -0.1) is 0 Å². The second-order valence-electron chi connectivity index (χ2n) is 5.70. The fourth-order valence-electron chi connectivity index (χ4n) is 1.62. The third kappa shape index (κ3) is 6.47. The molecule has 6 nitrogen and oxygen atoms in total. The molecule has 1 aromatic carbocycles. The molecule has 0 aliphatic heterocycles. The molecule has 6 heteroatoms. The standard InChI is InChI=1S/C16H23NO5/c1-6-20-14(18)10-21-12-7-8-13(11(2)9-12)17-15(19)22-16(3,4)5/h7-9H,6,10H2,1-5H3,(H,17,19). The van der Waals surface area contributed by atoms with Gasteiger partial charge in [0.05, 0.1) is 6.61 Å². The van der Waals surface area contributed by atoms with Crippen molar-refractivity contribution in [2.45, 2.75) is 40.2 Å². The van der Waals surface area contributed by atoms with Gasteiger partial charge >= 0.3 is 12.1 Å². The zero-order valence-corrected chi connectivity index (χ0v) is 13.7. The smallest absolute Gasteiger partial charge is 0.412 e. The van der Waals surface area contributed by atoms with Gasteiger partial charge in [-0.1, -0.05) is 0 Å². The first-order chi connectivity index (χ1) is 10.2. The number of carbonyl (C=O) groups is 2. The first kappa shape index (κ1) is 17.8. The normalized spacial score (nSPS) is 10.8. The van der Waals surface area contributed by atoms with Gasteiger partial charge in [-0.2, -0.15) is 0 Å². The van der Waals surface area contributed by atoms with Gasteiger partial charge in [-0.25, -0.2) is 9.59 Å². The average molecular weight is 309 g/mol. The van der Waals surface area contributed by atoms with E-state index in [2.05, 4.69) is 5.32 Å². The highest BCUT2D eigenvalue weighted by Gasteiger charge is 2.16.